The average molecular weight is 277 g/mol. The third-order valence-corrected chi connectivity index (χ3v) is 3.36. The highest BCUT2D eigenvalue weighted by Crippen LogP contribution is 2.33. The van der Waals surface area contributed by atoms with Gasteiger partial charge in [-0.15, -0.1) is 0 Å². The average Bonchev–Trinajstić information content (AvgIpc) is 2.78. The smallest absolute Gasteiger partial charge is 0.311 e. The van der Waals surface area contributed by atoms with Crippen molar-refractivity contribution in [3.63, 3.8) is 0 Å². The quantitative estimate of drug-likeness (QED) is 0.633. The summed E-state index contributed by atoms with van der Waals surface area (Å²) in [6.45, 7) is 1.26. The molecule has 7 nitrogen and oxygen atoms in total. The maximum Gasteiger partial charge on any atom is 0.311 e. The summed E-state index contributed by atoms with van der Waals surface area (Å²) in [6, 6.07) is 3.15. The summed E-state index contributed by atoms with van der Waals surface area (Å²) in [5.74, 6) is 0.285. The van der Waals surface area contributed by atoms with Crippen molar-refractivity contribution in [1.82, 2.24) is 9.78 Å². The van der Waals surface area contributed by atoms with Gasteiger partial charge in [-0.05, 0) is 0 Å². The minimum absolute atomic E-state index is 0.0167. The second-order valence-corrected chi connectivity index (χ2v) is 4.87. The van der Waals surface area contributed by atoms with Crippen LogP contribution in [-0.4, -0.2) is 34.0 Å². The summed E-state index contributed by atoms with van der Waals surface area (Å²) in [5.41, 5.74) is 0.678. The molecule has 0 radical (unpaired) electrons. The SMILES string of the molecule is Cn1cc2cc([N+](=O)[O-])c(OC3CCOCC3)cc2n1. The number of hydrogen-bond donors (Lipinski definition) is 0. The lowest BCUT2D eigenvalue weighted by atomic mass is 10.1. The number of nitro groups is 1. The van der Waals surface area contributed by atoms with Crippen LogP contribution in [0.2, 0.25) is 0 Å². The first-order valence-electron chi connectivity index (χ1n) is 6.49. The molecular weight excluding hydrogens is 262 g/mol. The molecule has 1 aromatic carbocycles. The first kappa shape index (κ1) is 12.9. The molecular formula is C13H15N3O4. The van der Waals surface area contributed by atoms with E-state index in [-0.39, 0.29) is 17.5 Å². The van der Waals surface area contributed by atoms with E-state index in [4.69, 9.17) is 9.47 Å². The zero-order chi connectivity index (χ0) is 14.1. The molecule has 2 heterocycles. The van der Waals surface area contributed by atoms with Crippen molar-refractivity contribution in [2.75, 3.05) is 13.2 Å². The summed E-state index contributed by atoms with van der Waals surface area (Å²) < 4.78 is 12.7. The van der Waals surface area contributed by atoms with E-state index >= 15 is 0 Å². The molecule has 1 aliphatic heterocycles. The Hall–Kier alpha value is -2.15. The highest BCUT2D eigenvalue weighted by Gasteiger charge is 2.22. The van der Waals surface area contributed by atoms with E-state index in [9.17, 15) is 10.1 Å². The van der Waals surface area contributed by atoms with Crippen LogP contribution in [0.15, 0.2) is 18.3 Å². The summed E-state index contributed by atoms with van der Waals surface area (Å²) in [7, 11) is 1.78. The van der Waals surface area contributed by atoms with Gasteiger partial charge in [-0.2, -0.15) is 5.10 Å². The number of benzene rings is 1. The molecule has 106 valence electrons. The molecule has 0 aliphatic carbocycles. The van der Waals surface area contributed by atoms with Crippen molar-refractivity contribution in [2.45, 2.75) is 18.9 Å². The fraction of sp³-hybridized carbons (Fsp3) is 0.462. The number of fused-ring (bicyclic) bond motifs is 1. The molecule has 3 rings (SSSR count). The molecule has 2 aromatic rings. The van der Waals surface area contributed by atoms with Crippen molar-refractivity contribution in [3.05, 3.63) is 28.4 Å². The van der Waals surface area contributed by atoms with Gasteiger partial charge in [-0.25, -0.2) is 0 Å². The van der Waals surface area contributed by atoms with Crippen molar-refractivity contribution in [2.24, 2.45) is 7.05 Å². The van der Waals surface area contributed by atoms with E-state index in [1.165, 1.54) is 6.07 Å². The van der Waals surface area contributed by atoms with Gasteiger partial charge >= 0.3 is 5.69 Å². The predicted octanol–water partition coefficient (Wildman–Crippen LogP) is 2.04. The molecule has 0 spiro atoms. The number of aryl methyl sites for hydroxylation is 1. The number of ether oxygens (including phenoxy) is 2. The Bertz CT molecular complexity index is 646. The van der Waals surface area contributed by atoms with E-state index in [1.54, 1.807) is 24.0 Å². The second-order valence-electron chi connectivity index (χ2n) is 4.87. The lowest BCUT2D eigenvalue weighted by Gasteiger charge is -2.23. The number of hydrogen-bond acceptors (Lipinski definition) is 5. The van der Waals surface area contributed by atoms with E-state index in [2.05, 4.69) is 5.10 Å². The molecule has 0 amide bonds. The normalized spacial score (nSPS) is 16.4. The van der Waals surface area contributed by atoms with Gasteiger partial charge in [0.05, 0.1) is 23.7 Å². The molecule has 0 bridgehead atoms. The van der Waals surface area contributed by atoms with Crippen LogP contribution in [0, 0.1) is 10.1 Å². The van der Waals surface area contributed by atoms with Crippen molar-refractivity contribution < 1.29 is 14.4 Å². The van der Waals surface area contributed by atoms with Crippen LogP contribution in [-0.2, 0) is 11.8 Å². The van der Waals surface area contributed by atoms with Gasteiger partial charge in [-0.1, -0.05) is 0 Å². The summed E-state index contributed by atoms with van der Waals surface area (Å²) in [4.78, 5) is 10.8. The summed E-state index contributed by atoms with van der Waals surface area (Å²) in [6.07, 6.45) is 3.21. The highest BCUT2D eigenvalue weighted by molar-refractivity contribution is 5.83. The van der Waals surface area contributed by atoms with E-state index in [0.717, 1.165) is 18.2 Å². The van der Waals surface area contributed by atoms with E-state index in [0.29, 0.717) is 18.7 Å². The molecule has 0 N–H and O–H groups in total. The Morgan fingerprint density at radius 3 is 2.90 bits per heavy atom. The van der Waals surface area contributed by atoms with Crippen molar-refractivity contribution in [3.8, 4) is 5.75 Å². The fourth-order valence-electron chi connectivity index (χ4n) is 2.37. The zero-order valence-electron chi connectivity index (χ0n) is 11.1. The number of rotatable bonds is 3. The monoisotopic (exact) mass is 277 g/mol. The van der Waals surface area contributed by atoms with Crippen LogP contribution < -0.4 is 4.74 Å². The lowest BCUT2D eigenvalue weighted by Crippen LogP contribution is -2.26. The lowest BCUT2D eigenvalue weighted by molar-refractivity contribution is -0.386. The fourth-order valence-corrected chi connectivity index (χ4v) is 2.37. The molecule has 7 heteroatoms. The Morgan fingerprint density at radius 2 is 2.20 bits per heavy atom. The predicted molar refractivity (Wildman–Crippen MR) is 71.8 cm³/mol. The topological polar surface area (TPSA) is 79.4 Å². The number of nitro benzene ring substituents is 1. The first-order valence-corrected chi connectivity index (χ1v) is 6.49. The van der Waals surface area contributed by atoms with Crippen LogP contribution in [0.5, 0.6) is 5.75 Å². The number of aromatic nitrogens is 2. The van der Waals surface area contributed by atoms with Crippen LogP contribution in [0.4, 0.5) is 5.69 Å². The van der Waals surface area contributed by atoms with Crippen LogP contribution in [0.3, 0.4) is 0 Å². The van der Waals surface area contributed by atoms with Gasteiger partial charge in [0.15, 0.2) is 5.75 Å². The molecule has 0 atom stereocenters. The third-order valence-electron chi connectivity index (χ3n) is 3.36. The molecule has 1 saturated heterocycles. The largest absolute Gasteiger partial charge is 0.483 e. The molecule has 0 saturated carbocycles. The first-order chi connectivity index (χ1) is 9.63. The van der Waals surface area contributed by atoms with E-state index in [1.807, 2.05) is 0 Å². The standard InChI is InChI=1S/C13H15N3O4/c1-15-8-9-6-12(16(17)18)13(7-11(9)14-15)20-10-2-4-19-5-3-10/h6-8,10H,2-5H2,1H3. The Kier molecular flexibility index (Phi) is 3.27. The third kappa shape index (κ3) is 2.44. The van der Waals surface area contributed by atoms with Gasteiger partial charge in [0, 0.05) is 43.6 Å². The van der Waals surface area contributed by atoms with Gasteiger partial charge in [0.2, 0.25) is 0 Å². The summed E-state index contributed by atoms with van der Waals surface area (Å²) in [5, 5.41) is 16.2. The molecule has 0 unspecified atom stereocenters. The molecule has 1 aliphatic rings. The second kappa shape index (κ2) is 5.09. The van der Waals surface area contributed by atoms with Gasteiger partial charge < -0.3 is 9.47 Å². The summed E-state index contributed by atoms with van der Waals surface area (Å²) >= 11 is 0. The molecule has 20 heavy (non-hydrogen) atoms. The van der Waals surface area contributed by atoms with Crippen LogP contribution in [0.1, 0.15) is 12.8 Å². The molecule has 1 fully saturated rings. The maximum atomic E-state index is 11.2. The Balaban J connectivity index is 1.97. The van der Waals surface area contributed by atoms with Gasteiger partial charge in [0.25, 0.3) is 0 Å². The minimum atomic E-state index is -0.416. The molecule has 1 aromatic heterocycles. The Morgan fingerprint density at radius 1 is 1.45 bits per heavy atom. The van der Waals surface area contributed by atoms with Crippen LogP contribution in [0.25, 0.3) is 10.9 Å². The minimum Gasteiger partial charge on any atom is -0.483 e. The number of nitrogens with zero attached hydrogens (tertiary/aromatic N) is 3. The maximum absolute atomic E-state index is 11.2. The van der Waals surface area contributed by atoms with Crippen LogP contribution >= 0.6 is 0 Å². The van der Waals surface area contributed by atoms with Crippen molar-refractivity contribution >= 4 is 16.6 Å². The highest BCUT2D eigenvalue weighted by atomic mass is 16.6. The van der Waals surface area contributed by atoms with Gasteiger partial charge in [0.1, 0.15) is 6.10 Å². The van der Waals surface area contributed by atoms with E-state index < -0.39 is 4.92 Å². The van der Waals surface area contributed by atoms with Crippen molar-refractivity contribution in [1.29, 1.82) is 0 Å². The van der Waals surface area contributed by atoms with Gasteiger partial charge in [-0.3, -0.25) is 14.8 Å². The Labute approximate surface area is 115 Å². The zero-order valence-corrected chi connectivity index (χ0v) is 11.1.